The van der Waals surface area contributed by atoms with Gasteiger partial charge >= 0.3 is 0 Å². The first-order valence-corrected chi connectivity index (χ1v) is 24.0. The molecule has 0 fully saturated rings. The SMILES string of the molecule is CNCCCC[C@H](NC)C(=O)NCCCC[C@H](NC(=O)[C@H](CCCCNC)NC)C(=O)N[C@@H](CCCCNC(=O)c1ccc(Cn2c3ccccc3c3cc(-c4nn[nH]n4)ccc32)cc1)C(N)=O. The Morgan fingerprint density at radius 3 is 1.78 bits per heavy atom. The lowest BCUT2D eigenvalue weighted by atomic mass is 10.0. The van der Waals surface area contributed by atoms with E-state index in [1.807, 2.05) is 56.6 Å². The molecule has 0 saturated carbocycles. The number of carbonyl (C=O) groups is 5. The molecule has 0 aliphatic heterocycles. The van der Waals surface area contributed by atoms with Gasteiger partial charge in [-0.3, -0.25) is 24.0 Å². The number of rotatable bonds is 32. The second-order valence-corrected chi connectivity index (χ2v) is 17.2. The molecule has 0 aliphatic carbocycles. The molecule has 0 aliphatic rings. The molecule has 0 bridgehead atoms. The highest BCUT2D eigenvalue weighted by Gasteiger charge is 2.28. The molecule has 0 radical (unpaired) electrons. The first-order chi connectivity index (χ1) is 33.1. The van der Waals surface area contributed by atoms with E-state index in [1.54, 1.807) is 14.1 Å². The molecule has 4 atom stereocenters. The number of primary amides is 1. The van der Waals surface area contributed by atoms with Gasteiger partial charge in [-0.25, -0.2) is 0 Å². The number of amides is 5. The van der Waals surface area contributed by atoms with Crippen molar-refractivity contribution < 1.29 is 24.0 Å². The number of likely N-dealkylation sites (N-methyl/N-ethyl adjacent to an activating group) is 2. The molecule has 3 aromatic carbocycles. The Balaban J connectivity index is 1.10. The molecule has 11 N–H and O–H groups in total. The minimum absolute atomic E-state index is 0.0707. The second kappa shape index (κ2) is 28.1. The number of H-pyrrole nitrogens is 1. The van der Waals surface area contributed by atoms with E-state index >= 15 is 0 Å². The summed E-state index contributed by atoms with van der Waals surface area (Å²) in [6, 6.07) is 19.2. The third kappa shape index (κ3) is 15.6. The Bertz CT molecular complexity index is 2350. The maximum Gasteiger partial charge on any atom is 0.251 e. The minimum Gasteiger partial charge on any atom is -0.368 e. The zero-order chi connectivity index (χ0) is 48.7. The summed E-state index contributed by atoms with van der Waals surface area (Å²) in [6.45, 7) is 3.10. The van der Waals surface area contributed by atoms with E-state index in [4.69, 9.17) is 5.73 Å². The standard InChI is InChI=1S/C49H72N14O5/c1-51-27-11-7-17-39(53-3)47(66)56-30-14-10-19-41(58-48(67)40(54-4)18-8-12-28-52-2)49(68)57-38(44(50)64)16-9-13-29-55-46(65)34-23-21-33(22-24-34)32-63-42-20-6-5-15-36(42)37-31-35(25-26-43(37)63)45-59-61-62-60-45/h5-6,15,20-26,31,38-41,51-54H,7-14,16-19,27-30,32H2,1-4H3,(H2,50,64)(H,55,65)(H,56,66)(H,57,68)(H,58,67)(H,59,60,61,62)/t38-,39-,40-,41-/m0/s1. The fourth-order valence-electron chi connectivity index (χ4n) is 8.39. The van der Waals surface area contributed by atoms with Crippen molar-refractivity contribution in [1.29, 1.82) is 0 Å². The zero-order valence-corrected chi connectivity index (χ0v) is 40.1. The van der Waals surface area contributed by atoms with E-state index in [0.717, 1.165) is 78.1 Å². The molecule has 19 heteroatoms. The van der Waals surface area contributed by atoms with Crippen LogP contribution in [0.25, 0.3) is 33.2 Å². The number of hydrogen-bond donors (Lipinski definition) is 10. The van der Waals surface area contributed by atoms with E-state index in [2.05, 4.69) is 92.0 Å². The number of nitrogens with one attached hydrogen (secondary N) is 9. The summed E-state index contributed by atoms with van der Waals surface area (Å²) in [7, 11) is 7.28. The third-order valence-electron chi connectivity index (χ3n) is 12.3. The van der Waals surface area contributed by atoms with Crippen molar-refractivity contribution in [2.45, 2.75) is 108 Å². The van der Waals surface area contributed by atoms with Crippen molar-refractivity contribution in [3.05, 3.63) is 77.9 Å². The van der Waals surface area contributed by atoms with Crippen molar-refractivity contribution in [1.82, 2.24) is 67.7 Å². The van der Waals surface area contributed by atoms with Crippen LogP contribution in [-0.2, 0) is 25.7 Å². The molecular weight excluding hydrogens is 865 g/mol. The van der Waals surface area contributed by atoms with Crippen LogP contribution in [0.2, 0.25) is 0 Å². The van der Waals surface area contributed by atoms with Crippen LogP contribution in [0.5, 0.6) is 0 Å². The largest absolute Gasteiger partial charge is 0.368 e. The number of unbranched alkanes of at least 4 members (excludes halogenated alkanes) is 4. The fourth-order valence-corrected chi connectivity index (χ4v) is 8.39. The number of aromatic amines is 1. The summed E-state index contributed by atoms with van der Waals surface area (Å²) >= 11 is 0. The van der Waals surface area contributed by atoms with E-state index < -0.39 is 29.9 Å². The highest BCUT2D eigenvalue weighted by atomic mass is 16.2. The third-order valence-corrected chi connectivity index (χ3v) is 12.3. The predicted molar refractivity (Wildman–Crippen MR) is 266 cm³/mol. The van der Waals surface area contributed by atoms with E-state index in [0.29, 0.717) is 69.5 Å². The van der Waals surface area contributed by atoms with Crippen molar-refractivity contribution in [3.63, 3.8) is 0 Å². The smallest absolute Gasteiger partial charge is 0.251 e. The Morgan fingerprint density at radius 2 is 1.16 bits per heavy atom. The van der Waals surface area contributed by atoms with Gasteiger partial charge in [0.1, 0.15) is 12.1 Å². The van der Waals surface area contributed by atoms with Crippen LogP contribution in [0, 0.1) is 0 Å². The van der Waals surface area contributed by atoms with Gasteiger partial charge in [-0.2, -0.15) is 5.21 Å². The van der Waals surface area contributed by atoms with Crippen molar-refractivity contribution in [2.24, 2.45) is 5.73 Å². The topological polar surface area (TPSA) is 267 Å². The first-order valence-electron chi connectivity index (χ1n) is 24.0. The quantitative estimate of drug-likeness (QED) is 0.0279. The monoisotopic (exact) mass is 937 g/mol. The molecule has 368 valence electrons. The van der Waals surface area contributed by atoms with E-state index in [1.165, 1.54) is 0 Å². The van der Waals surface area contributed by atoms with Crippen LogP contribution < -0.4 is 48.3 Å². The Kier molecular flexibility index (Phi) is 21.8. The molecule has 5 aromatic rings. The number of para-hydroxylation sites is 1. The maximum absolute atomic E-state index is 13.8. The summed E-state index contributed by atoms with van der Waals surface area (Å²) in [5, 5.41) is 40.7. The van der Waals surface area contributed by atoms with Gasteiger partial charge in [-0.05, 0) is 153 Å². The fraction of sp³-hybridized carbons (Fsp3) is 0.510. The molecule has 0 spiro atoms. The number of hydrogen-bond acceptors (Lipinski definition) is 12. The van der Waals surface area contributed by atoms with Crippen LogP contribution in [0.3, 0.4) is 0 Å². The summed E-state index contributed by atoms with van der Waals surface area (Å²) < 4.78 is 2.25. The molecule has 19 nitrogen and oxygen atoms in total. The van der Waals surface area contributed by atoms with Gasteiger partial charge in [0, 0.05) is 52.6 Å². The molecule has 5 rings (SSSR count). The average molecular weight is 937 g/mol. The first kappa shape index (κ1) is 52.7. The van der Waals surface area contributed by atoms with Crippen molar-refractivity contribution in [2.75, 3.05) is 54.4 Å². The maximum atomic E-state index is 13.8. The van der Waals surface area contributed by atoms with Crippen LogP contribution >= 0.6 is 0 Å². The summed E-state index contributed by atoms with van der Waals surface area (Å²) in [4.78, 5) is 65.7. The number of nitrogens with two attached hydrogens (primary N) is 1. The van der Waals surface area contributed by atoms with Gasteiger partial charge in [0.05, 0.1) is 12.1 Å². The molecule has 0 saturated heterocycles. The van der Waals surface area contributed by atoms with Gasteiger partial charge in [-0.15, -0.1) is 10.2 Å². The number of benzene rings is 3. The molecule has 0 unspecified atom stereocenters. The lowest BCUT2D eigenvalue weighted by molar-refractivity contribution is -0.132. The molecule has 5 amide bonds. The zero-order valence-electron chi connectivity index (χ0n) is 40.1. The van der Waals surface area contributed by atoms with E-state index in [-0.39, 0.29) is 30.2 Å². The number of tetrazole rings is 1. The summed E-state index contributed by atoms with van der Waals surface area (Å²) in [5.74, 6) is -1.25. The van der Waals surface area contributed by atoms with Crippen LogP contribution in [0.4, 0.5) is 0 Å². The van der Waals surface area contributed by atoms with Crippen LogP contribution in [0.1, 0.15) is 93.0 Å². The number of carbonyl (C=O) groups excluding carboxylic acids is 5. The van der Waals surface area contributed by atoms with Crippen LogP contribution in [-0.4, -0.2) is 133 Å². The Morgan fingerprint density at radius 1 is 0.603 bits per heavy atom. The number of aromatic nitrogens is 5. The number of fused-ring (bicyclic) bond motifs is 3. The van der Waals surface area contributed by atoms with Gasteiger partial charge in [0.25, 0.3) is 5.91 Å². The number of nitrogens with zero attached hydrogens (tertiary/aromatic N) is 4. The normalized spacial score (nSPS) is 13.2. The lowest BCUT2D eigenvalue weighted by Gasteiger charge is -2.24. The lowest BCUT2D eigenvalue weighted by Crippen LogP contribution is -2.55. The summed E-state index contributed by atoms with van der Waals surface area (Å²) in [5.41, 5.74) is 10.3. The molecule has 2 heterocycles. The molecule has 2 aromatic heterocycles. The summed E-state index contributed by atoms with van der Waals surface area (Å²) in [6.07, 6.45) is 7.64. The van der Waals surface area contributed by atoms with Gasteiger partial charge < -0.3 is 52.8 Å². The van der Waals surface area contributed by atoms with Crippen molar-refractivity contribution >= 4 is 51.3 Å². The Labute approximate surface area is 399 Å². The van der Waals surface area contributed by atoms with Crippen molar-refractivity contribution in [3.8, 4) is 11.4 Å². The van der Waals surface area contributed by atoms with Gasteiger partial charge in [0.2, 0.25) is 29.5 Å². The van der Waals surface area contributed by atoms with Crippen LogP contribution in [0.15, 0.2) is 66.7 Å². The molecule has 68 heavy (non-hydrogen) atoms. The predicted octanol–water partition coefficient (Wildman–Crippen LogP) is 2.62. The molecular formula is C49H72N14O5. The minimum atomic E-state index is -0.972. The highest BCUT2D eigenvalue weighted by molar-refractivity contribution is 6.09. The van der Waals surface area contributed by atoms with Gasteiger partial charge in [-0.1, -0.05) is 43.2 Å². The average Bonchev–Trinajstić information content (AvgIpc) is 4.00. The highest BCUT2D eigenvalue weighted by Crippen LogP contribution is 2.32. The van der Waals surface area contributed by atoms with Gasteiger partial charge in [0.15, 0.2) is 0 Å². The Hall–Kier alpha value is -6.28. The van der Waals surface area contributed by atoms with E-state index in [9.17, 15) is 24.0 Å². The second-order valence-electron chi connectivity index (χ2n) is 17.2.